The fraction of sp³-hybridized carbons (Fsp3) is 0.692. The van der Waals surface area contributed by atoms with E-state index < -0.39 is 12.1 Å². The molecule has 1 amide bonds. The van der Waals surface area contributed by atoms with E-state index >= 15 is 0 Å². The van der Waals surface area contributed by atoms with E-state index in [0.29, 0.717) is 12.8 Å². The van der Waals surface area contributed by atoms with Crippen molar-refractivity contribution in [2.45, 2.75) is 36.5 Å². The van der Waals surface area contributed by atoms with Gasteiger partial charge in [-0.15, -0.1) is 0 Å². The maximum Gasteiger partial charge on any atom is 0.407 e. The van der Waals surface area contributed by atoms with Crippen LogP contribution in [0.2, 0.25) is 0 Å². The summed E-state index contributed by atoms with van der Waals surface area (Å²) in [5.41, 5.74) is 0. The van der Waals surface area contributed by atoms with Gasteiger partial charge in [-0.05, 0) is 31.4 Å². The lowest BCUT2D eigenvalue weighted by atomic mass is 9.70. The molecular weight excluding hydrogens is 266 g/mol. The molecule has 0 aromatic heterocycles. The topological polar surface area (TPSA) is 75.6 Å². The monoisotopic (exact) mass is 285 g/mol. The van der Waals surface area contributed by atoms with Gasteiger partial charge >= 0.3 is 12.1 Å². The predicted molar refractivity (Wildman–Crippen MR) is 73.3 cm³/mol. The summed E-state index contributed by atoms with van der Waals surface area (Å²) < 4.78 is 4.96. The highest BCUT2D eigenvalue weighted by Crippen LogP contribution is 2.53. The molecule has 2 rings (SSSR count). The zero-order chi connectivity index (χ0) is 13.9. The minimum Gasteiger partial charge on any atom is -0.481 e. The highest BCUT2D eigenvalue weighted by atomic mass is 32.2. The first-order chi connectivity index (χ1) is 9.04. The largest absolute Gasteiger partial charge is 0.481 e. The molecular formula is C13H19NO4S. The average Bonchev–Trinajstić information content (AvgIpc) is 2.33. The van der Waals surface area contributed by atoms with Gasteiger partial charge in [0, 0.05) is 10.8 Å². The van der Waals surface area contributed by atoms with Crippen molar-refractivity contribution in [3.63, 3.8) is 0 Å². The first-order valence-electron chi connectivity index (χ1n) is 6.45. The fourth-order valence-electron chi connectivity index (χ4n) is 2.79. The lowest BCUT2D eigenvalue weighted by Crippen LogP contribution is -2.52. The van der Waals surface area contributed by atoms with E-state index in [-0.39, 0.29) is 23.3 Å². The van der Waals surface area contributed by atoms with Gasteiger partial charge < -0.3 is 15.2 Å². The second-order valence-corrected chi connectivity index (χ2v) is 6.76. The molecule has 1 saturated heterocycles. The maximum absolute atomic E-state index is 11.5. The molecule has 0 radical (unpaired) electrons. The Hall–Kier alpha value is -1.17. The number of carbonyl (C=O) groups is 2. The summed E-state index contributed by atoms with van der Waals surface area (Å²) in [5, 5.41) is 11.8. The smallest absolute Gasteiger partial charge is 0.407 e. The van der Waals surface area contributed by atoms with E-state index in [0.717, 1.165) is 18.6 Å². The summed E-state index contributed by atoms with van der Waals surface area (Å²) in [7, 11) is 0. The highest BCUT2D eigenvalue weighted by Gasteiger charge is 2.50. The number of hydrogen-bond acceptors (Lipinski definition) is 4. The number of nitrogens with one attached hydrogen (secondary N) is 1. The lowest BCUT2D eigenvalue weighted by molar-refractivity contribution is -0.145. The molecule has 6 heteroatoms. The summed E-state index contributed by atoms with van der Waals surface area (Å²) in [5.74, 6) is 0.0457. The average molecular weight is 285 g/mol. The summed E-state index contributed by atoms with van der Waals surface area (Å²) in [6, 6.07) is 0.0910. The molecule has 2 N–H and O–H groups in total. The van der Waals surface area contributed by atoms with Crippen LogP contribution >= 0.6 is 11.8 Å². The molecule has 0 aromatic rings. The van der Waals surface area contributed by atoms with Crippen molar-refractivity contribution in [2.24, 2.45) is 5.92 Å². The van der Waals surface area contributed by atoms with Crippen LogP contribution < -0.4 is 5.32 Å². The molecule has 5 nitrogen and oxygen atoms in total. The van der Waals surface area contributed by atoms with Crippen LogP contribution in [0.15, 0.2) is 12.7 Å². The van der Waals surface area contributed by atoms with Crippen molar-refractivity contribution in [3.8, 4) is 0 Å². The number of hydrogen-bond donors (Lipinski definition) is 2. The second kappa shape index (κ2) is 5.86. The normalized spacial score (nSPS) is 33.3. The van der Waals surface area contributed by atoms with Gasteiger partial charge in [-0.3, -0.25) is 4.79 Å². The van der Waals surface area contributed by atoms with E-state index in [4.69, 9.17) is 9.84 Å². The molecule has 106 valence electrons. The van der Waals surface area contributed by atoms with Crippen LogP contribution in [0.5, 0.6) is 0 Å². The fourth-order valence-corrected chi connectivity index (χ4v) is 4.58. The lowest BCUT2D eigenvalue weighted by Gasteiger charge is -2.49. The van der Waals surface area contributed by atoms with Gasteiger partial charge in [-0.25, -0.2) is 4.79 Å². The summed E-state index contributed by atoms with van der Waals surface area (Å²) in [6.45, 7) is 3.69. The molecule has 0 bridgehead atoms. The first-order valence-corrected chi connectivity index (χ1v) is 7.44. The first kappa shape index (κ1) is 14.2. The quantitative estimate of drug-likeness (QED) is 0.773. The van der Waals surface area contributed by atoms with Crippen molar-refractivity contribution in [2.75, 3.05) is 12.4 Å². The van der Waals surface area contributed by atoms with Crippen LogP contribution in [-0.2, 0) is 9.53 Å². The Morgan fingerprint density at radius 1 is 1.47 bits per heavy atom. The van der Waals surface area contributed by atoms with E-state index in [1.54, 1.807) is 0 Å². The molecule has 1 aliphatic heterocycles. The molecule has 19 heavy (non-hydrogen) atoms. The van der Waals surface area contributed by atoms with E-state index in [9.17, 15) is 9.59 Å². The number of rotatable bonds is 4. The predicted octanol–water partition coefficient (Wildman–Crippen LogP) is 2.03. The van der Waals surface area contributed by atoms with E-state index in [1.807, 2.05) is 11.8 Å². The Morgan fingerprint density at radius 2 is 2.21 bits per heavy atom. The number of alkyl carbamates (subject to hydrolysis) is 1. The number of amides is 1. The standard InChI is InChI=1S/C13H19NO4S/c1-2-4-18-12(17)14-10-3-5-19-13(8-10)6-9(7-13)11(15)16/h2,9-10H,1,3-8H2,(H,14,17)(H,15,16). The van der Waals surface area contributed by atoms with Crippen LogP contribution in [0.4, 0.5) is 4.79 Å². The molecule has 1 saturated carbocycles. The Labute approximate surface area is 116 Å². The van der Waals surface area contributed by atoms with Gasteiger partial charge in [0.1, 0.15) is 6.61 Å². The number of carbonyl (C=O) groups excluding carboxylic acids is 1. The molecule has 1 aliphatic carbocycles. The third-order valence-corrected chi connectivity index (χ3v) is 5.29. The van der Waals surface area contributed by atoms with Crippen LogP contribution in [0.3, 0.4) is 0 Å². The van der Waals surface area contributed by atoms with Gasteiger partial charge in [0.25, 0.3) is 0 Å². The molecule has 2 fully saturated rings. The number of aliphatic carboxylic acids is 1. The van der Waals surface area contributed by atoms with E-state index in [1.165, 1.54) is 6.08 Å². The molecule has 0 aromatic carbocycles. The van der Waals surface area contributed by atoms with Gasteiger partial charge in [0.2, 0.25) is 0 Å². The molecule has 1 spiro atoms. The highest BCUT2D eigenvalue weighted by molar-refractivity contribution is 8.00. The van der Waals surface area contributed by atoms with Gasteiger partial charge in [0.05, 0.1) is 5.92 Å². The molecule has 1 unspecified atom stereocenters. The van der Waals surface area contributed by atoms with Crippen molar-refractivity contribution in [1.82, 2.24) is 5.32 Å². The van der Waals surface area contributed by atoms with Crippen molar-refractivity contribution < 1.29 is 19.4 Å². The number of carboxylic acids is 1. The number of ether oxygens (including phenoxy) is 1. The summed E-state index contributed by atoms with van der Waals surface area (Å²) in [6.07, 6.45) is 4.29. The Bertz CT molecular complexity index is 379. The molecule has 1 heterocycles. The maximum atomic E-state index is 11.5. The molecule has 2 aliphatic rings. The van der Waals surface area contributed by atoms with Crippen molar-refractivity contribution in [3.05, 3.63) is 12.7 Å². The minimum absolute atomic E-state index is 0.0533. The number of thioether (sulfide) groups is 1. The van der Waals surface area contributed by atoms with Gasteiger partial charge in [-0.2, -0.15) is 11.8 Å². The van der Waals surface area contributed by atoms with Crippen LogP contribution in [0.1, 0.15) is 25.7 Å². The van der Waals surface area contributed by atoms with Crippen LogP contribution in [0, 0.1) is 5.92 Å². The third-order valence-electron chi connectivity index (χ3n) is 3.73. The Morgan fingerprint density at radius 3 is 2.84 bits per heavy atom. The summed E-state index contributed by atoms with van der Waals surface area (Å²) in [4.78, 5) is 22.4. The Balaban J connectivity index is 1.80. The van der Waals surface area contributed by atoms with Crippen molar-refractivity contribution in [1.29, 1.82) is 0 Å². The SMILES string of the molecule is C=CCOC(=O)NC1CCSC2(C1)CC(C(=O)O)C2. The zero-order valence-electron chi connectivity index (χ0n) is 10.8. The van der Waals surface area contributed by atoms with Crippen LogP contribution in [0.25, 0.3) is 0 Å². The minimum atomic E-state index is -0.702. The van der Waals surface area contributed by atoms with Crippen LogP contribution in [-0.4, -0.2) is 40.3 Å². The van der Waals surface area contributed by atoms with Crippen molar-refractivity contribution >= 4 is 23.8 Å². The van der Waals surface area contributed by atoms with Gasteiger partial charge in [-0.1, -0.05) is 12.7 Å². The molecule has 1 atom stereocenters. The van der Waals surface area contributed by atoms with E-state index in [2.05, 4.69) is 11.9 Å². The third kappa shape index (κ3) is 3.43. The Kier molecular flexibility index (Phi) is 4.39. The summed E-state index contributed by atoms with van der Waals surface area (Å²) >= 11 is 1.85. The zero-order valence-corrected chi connectivity index (χ0v) is 11.6. The second-order valence-electron chi connectivity index (χ2n) is 5.20. The van der Waals surface area contributed by atoms with Gasteiger partial charge in [0.15, 0.2) is 0 Å². The number of carboxylic acid groups (broad SMARTS) is 1.